The van der Waals surface area contributed by atoms with Gasteiger partial charge in [0.25, 0.3) is 0 Å². The highest BCUT2D eigenvalue weighted by Crippen LogP contribution is 2.25. The topological polar surface area (TPSA) is 48.1 Å². The highest BCUT2D eigenvalue weighted by Gasteiger charge is 2.17. The Kier molecular flexibility index (Phi) is 4.09. The van der Waals surface area contributed by atoms with Crippen LogP contribution in [0.1, 0.15) is 32.0 Å². The van der Waals surface area contributed by atoms with E-state index < -0.39 is 0 Å². The van der Waals surface area contributed by atoms with E-state index in [1.165, 1.54) is 0 Å². The van der Waals surface area contributed by atoms with Crippen LogP contribution in [0.3, 0.4) is 0 Å². The Hall–Kier alpha value is -1.87. The van der Waals surface area contributed by atoms with Crippen LogP contribution in [0.4, 0.5) is 0 Å². The van der Waals surface area contributed by atoms with Crippen LogP contribution >= 0.6 is 0 Å². The molecule has 1 aromatic heterocycles. The third-order valence-corrected chi connectivity index (χ3v) is 3.24. The van der Waals surface area contributed by atoms with Crippen LogP contribution in [0.2, 0.25) is 0 Å². The monoisotopic (exact) mass is 270 g/mol. The summed E-state index contributed by atoms with van der Waals surface area (Å²) in [7, 11) is 0. The Morgan fingerprint density at radius 1 is 1.10 bits per heavy atom. The molecular weight excluding hydrogens is 248 g/mol. The van der Waals surface area contributed by atoms with E-state index in [1.807, 2.05) is 58.0 Å². The molecule has 0 amide bonds. The number of aryl methyl sites for hydroxylation is 1. The third kappa shape index (κ3) is 3.17. The molecule has 106 valence electrons. The van der Waals surface area contributed by atoms with E-state index in [-0.39, 0.29) is 5.54 Å². The van der Waals surface area contributed by atoms with E-state index in [2.05, 4.69) is 11.1 Å². The highest BCUT2D eigenvalue weighted by atomic mass is 16.5. The number of benzene rings is 1. The number of aromatic nitrogens is 1. The van der Waals surface area contributed by atoms with Crippen molar-refractivity contribution in [3.63, 3.8) is 0 Å². The van der Waals surface area contributed by atoms with Gasteiger partial charge in [-0.2, -0.15) is 0 Å². The maximum atomic E-state index is 6.14. The predicted octanol–water partition coefficient (Wildman–Crippen LogP) is 3.65. The minimum absolute atomic E-state index is 0.367. The van der Waals surface area contributed by atoms with Crippen LogP contribution in [-0.2, 0) is 5.54 Å². The van der Waals surface area contributed by atoms with Gasteiger partial charge < -0.3 is 10.5 Å². The van der Waals surface area contributed by atoms with Gasteiger partial charge in [0.1, 0.15) is 5.75 Å². The Bertz CT molecular complexity index is 583. The molecule has 0 spiro atoms. The average Bonchev–Trinajstić information content (AvgIpc) is 2.38. The van der Waals surface area contributed by atoms with E-state index >= 15 is 0 Å². The lowest BCUT2D eigenvalue weighted by Crippen LogP contribution is -2.29. The van der Waals surface area contributed by atoms with E-state index in [0.29, 0.717) is 6.61 Å². The van der Waals surface area contributed by atoms with Gasteiger partial charge >= 0.3 is 0 Å². The van der Waals surface area contributed by atoms with E-state index in [0.717, 1.165) is 28.3 Å². The summed E-state index contributed by atoms with van der Waals surface area (Å²) in [6, 6.07) is 12.1. The first-order valence-corrected chi connectivity index (χ1v) is 6.92. The van der Waals surface area contributed by atoms with Gasteiger partial charge in [-0.3, -0.25) is 4.98 Å². The summed E-state index contributed by atoms with van der Waals surface area (Å²) in [5.74, 6) is 0.882. The standard InChI is InChI=1S/C17H22N2O/c1-5-20-14-8-6-13(7-9-14)16-11-10-15(12(2)19-16)17(3,4)18/h6-11H,5,18H2,1-4H3. The van der Waals surface area contributed by atoms with Crippen LogP contribution < -0.4 is 10.5 Å². The molecule has 20 heavy (non-hydrogen) atoms. The lowest BCUT2D eigenvalue weighted by molar-refractivity contribution is 0.340. The molecule has 0 aliphatic rings. The summed E-state index contributed by atoms with van der Waals surface area (Å²) in [4.78, 5) is 4.66. The van der Waals surface area contributed by atoms with E-state index in [9.17, 15) is 0 Å². The quantitative estimate of drug-likeness (QED) is 0.922. The number of hydrogen-bond acceptors (Lipinski definition) is 3. The lowest BCUT2D eigenvalue weighted by Gasteiger charge is -2.21. The normalized spacial score (nSPS) is 11.4. The number of nitrogens with zero attached hydrogens (tertiary/aromatic N) is 1. The number of ether oxygens (including phenoxy) is 1. The third-order valence-electron chi connectivity index (χ3n) is 3.24. The number of pyridine rings is 1. The molecule has 3 nitrogen and oxygen atoms in total. The van der Waals surface area contributed by atoms with Crippen LogP contribution in [0, 0.1) is 6.92 Å². The predicted molar refractivity (Wildman–Crippen MR) is 82.8 cm³/mol. The molecule has 2 N–H and O–H groups in total. The fraction of sp³-hybridized carbons (Fsp3) is 0.353. The van der Waals surface area contributed by atoms with Crippen molar-refractivity contribution < 1.29 is 4.74 Å². The molecule has 3 heteroatoms. The van der Waals surface area contributed by atoms with Crippen LogP contribution in [0.15, 0.2) is 36.4 Å². The van der Waals surface area contributed by atoms with Crippen LogP contribution in [-0.4, -0.2) is 11.6 Å². The molecule has 0 atom stereocenters. The van der Waals surface area contributed by atoms with Gasteiger partial charge in [-0.25, -0.2) is 0 Å². The van der Waals surface area contributed by atoms with Crippen molar-refractivity contribution >= 4 is 0 Å². The molecular formula is C17H22N2O. The molecule has 0 aliphatic heterocycles. The zero-order chi connectivity index (χ0) is 14.8. The molecule has 1 aromatic carbocycles. The largest absolute Gasteiger partial charge is 0.494 e. The molecule has 0 unspecified atom stereocenters. The fourth-order valence-corrected chi connectivity index (χ4v) is 2.29. The maximum absolute atomic E-state index is 6.14. The van der Waals surface area contributed by atoms with Gasteiger partial charge in [-0.1, -0.05) is 6.07 Å². The molecule has 1 heterocycles. The smallest absolute Gasteiger partial charge is 0.119 e. The summed E-state index contributed by atoms with van der Waals surface area (Å²) >= 11 is 0. The number of nitrogens with two attached hydrogens (primary N) is 1. The fourth-order valence-electron chi connectivity index (χ4n) is 2.29. The van der Waals surface area contributed by atoms with Crippen molar-refractivity contribution in [2.45, 2.75) is 33.2 Å². The molecule has 0 radical (unpaired) electrons. The van der Waals surface area contributed by atoms with Crippen molar-refractivity contribution in [1.29, 1.82) is 0 Å². The SMILES string of the molecule is CCOc1ccc(-c2ccc(C(C)(C)N)c(C)n2)cc1. The van der Waals surface area contributed by atoms with Crippen molar-refractivity contribution in [2.24, 2.45) is 5.73 Å². The van der Waals surface area contributed by atoms with Crippen molar-refractivity contribution in [3.05, 3.63) is 47.7 Å². The molecule has 0 saturated carbocycles. The van der Waals surface area contributed by atoms with Crippen molar-refractivity contribution in [3.8, 4) is 17.0 Å². The number of rotatable bonds is 4. The minimum atomic E-state index is -0.367. The lowest BCUT2D eigenvalue weighted by atomic mass is 9.93. The Labute approximate surface area is 120 Å². The molecule has 2 aromatic rings. The summed E-state index contributed by atoms with van der Waals surface area (Å²) in [5, 5.41) is 0. The van der Waals surface area contributed by atoms with Crippen LogP contribution in [0.5, 0.6) is 5.75 Å². The Balaban J connectivity index is 2.32. The Morgan fingerprint density at radius 2 is 1.75 bits per heavy atom. The second kappa shape index (κ2) is 5.63. The zero-order valence-electron chi connectivity index (χ0n) is 12.6. The molecule has 0 bridgehead atoms. The summed E-state index contributed by atoms with van der Waals surface area (Å²) < 4.78 is 5.45. The van der Waals surface area contributed by atoms with E-state index in [1.54, 1.807) is 0 Å². The number of hydrogen-bond donors (Lipinski definition) is 1. The minimum Gasteiger partial charge on any atom is -0.494 e. The van der Waals surface area contributed by atoms with Crippen molar-refractivity contribution in [1.82, 2.24) is 4.98 Å². The first kappa shape index (κ1) is 14.5. The van der Waals surface area contributed by atoms with Gasteiger partial charge in [0, 0.05) is 16.8 Å². The van der Waals surface area contributed by atoms with Crippen molar-refractivity contribution in [2.75, 3.05) is 6.61 Å². The maximum Gasteiger partial charge on any atom is 0.119 e. The summed E-state index contributed by atoms with van der Waals surface area (Å²) in [6.07, 6.45) is 0. The van der Waals surface area contributed by atoms with Gasteiger partial charge in [0.2, 0.25) is 0 Å². The summed E-state index contributed by atoms with van der Waals surface area (Å²) in [5.41, 5.74) is 9.87. The molecule has 2 rings (SSSR count). The zero-order valence-corrected chi connectivity index (χ0v) is 12.6. The van der Waals surface area contributed by atoms with Gasteiger partial charge in [0.15, 0.2) is 0 Å². The second-order valence-electron chi connectivity index (χ2n) is 5.51. The van der Waals surface area contributed by atoms with Gasteiger partial charge in [0.05, 0.1) is 12.3 Å². The first-order chi connectivity index (χ1) is 9.41. The molecule has 0 saturated heterocycles. The Morgan fingerprint density at radius 3 is 2.25 bits per heavy atom. The van der Waals surface area contributed by atoms with Crippen LogP contribution in [0.25, 0.3) is 11.3 Å². The second-order valence-corrected chi connectivity index (χ2v) is 5.51. The van der Waals surface area contributed by atoms with E-state index in [4.69, 9.17) is 10.5 Å². The van der Waals surface area contributed by atoms with Gasteiger partial charge in [-0.05, 0) is 63.6 Å². The average molecular weight is 270 g/mol. The molecule has 0 aliphatic carbocycles. The molecule has 0 fully saturated rings. The highest BCUT2D eigenvalue weighted by molar-refractivity contribution is 5.60. The summed E-state index contributed by atoms with van der Waals surface area (Å²) in [6.45, 7) is 8.65. The van der Waals surface area contributed by atoms with Gasteiger partial charge in [-0.15, -0.1) is 0 Å². The first-order valence-electron chi connectivity index (χ1n) is 6.92.